The summed E-state index contributed by atoms with van der Waals surface area (Å²) in [7, 11) is 0. The van der Waals surface area contributed by atoms with Crippen molar-refractivity contribution in [3.05, 3.63) is 53.9 Å². The number of carbonyl (C=O) groups excluding carboxylic acids is 1. The van der Waals surface area contributed by atoms with Crippen molar-refractivity contribution < 1.29 is 9.32 Å². The summed E-state index contributed by atoms with van der Waals surface area (Å²) >= 11 is 0. The average molecular weight is 390 g/mol. The maximum absolute atomic E-state index is 12.9. The molecule has 3 aromatic rings. The van der Waals surface area contributed by atoms with Crippen molar-refractivity contribution in [3.63, 3.8) is 0 Å². The van der Waals surface area contributed by atoms with Gasteiger partial charge < -0.3 is 14.3 Å². The second kappa shape index (κ2) is 6.95. The lowest BCUT2D eigenvalue weighted by molar-refractivity contribution is 0.0772. The molecule has 3 aromatic heterocycles. The molecule has 1 amide bonds. The number of carbonyl (C=O) groups is 1. The molecule has 8 nitrogen and oxygen atoms in total. The molecule has 5 rings (SSSR count). The van der Waals surface area contributed by atoms with Gasteiger partial charge in [0.05, 0.1) is 0 Å². The molecule has 0 radical (unpaired) electrons. The summed E-state index contributed by atoms with van der Waals surface area (Å²) in [4.78, 5) is 30.0. The lowest BCUT2D eigenvalue weighted by atomic mass is 10.0. The van der Waals surface area contributed by atoms with Crippen LogP contribution in [0.4, 0.5) is 5.82 Å². The first kappa shape index (κ1) is 17.8. The van der Waals surface area contributed by atoms with E-state index in [-0.39, 0.29) is 5.91 Å². The predicted octanol–water partition coefficient (Wildman–Crippen LogP) is 2.35. The molecule has 2 aliphatic heterocycles. The molecular formula is C21H22N6O2. The summed E-state index contributed by atoms with van der Waals surface area (Å²) in [5.74, 6) is 2.39. The molecule has 2 atom stereocenters. The van der Waals surface area contributed by atoms with Crippen LogP contribution in [-0.4, -0.2) is 57.1 Å². The number of hydrogen-bond acceptors (Lipinski definition) is 7. The van der Waals surface area contributed by atoms with E-state index in [2.05, 4.69) is 31.9 Å². The Hall–Kier alpha value is -3.29. The lowest BCUT2D eigenvalue weighted by Crippen LogP contribution is -2.34. The standard InChI is InChI=1S/C21H22N6O2/c1-13-14(2)23-12-24-20(13)26-8-16-10-27(11-17(16)9-26)21(28)18-6-19(29-25-18)15-4-3-5-22-7-15/h3-7,12,16-17H,8-11H2,1-2H3. The van der Waals surface area contributed by atoms with Crippen molar-refractivity contribution in [3.8, 4) is 11.3 Å². The number of amides is 1. The van der Waals surface area contributed by atoms with Crippen LogP contribution in [0.3, 0.4) is 0 Å². The van der Waals surface area contributed by atoms with Gasteiger partial charge in [-0.15, -0.1) is 0 Å². The molecule has 0 spiro atoms. The van der Waals surface area contributed by atoms with Crippen LogP contribution in [0.25, 0.3) is 11.3 Å². The Labute approximate surface area is 168 Å². The van der Waals surface area contributed by atoms with Crippen LogP contribution in [0.5, 0.6) is 0 Å². The fourth-order valence-corrected chi connectivity index (χ4v) is 4.36. The van der Waals surface area contributed by atoms with E-state index in [9.17, 15) is 4.79 Å². The maximum Gasteiger partial charge on any atom is 0.276 e. The third-order valence-electron chi connectivity index (χ3n) is 6.06. The number of aromatic nitrogens is 4. The molecule has 5 heterocycles. The Morgan fingerprint density at radius 1 is 1.14 bits per heavy atom. The molecule has 8 heteroatoms. The second-order valence-electron chi connectivity index (χ2n) is 7.86. The highest BCUT2D eigenvalue weighted by molar-refractivity contribution is 5.93. The topological polar surface area (TPSA) is 88.3 Å². The van der Waals surface area contributed by atoms with Gasteiger partial charge >= 0.3 is 0 Å². The number of likely N-dealkylation sites (tertiary alicyclic amines) is 1. The monoisotopic (exact) mass is 390 g/mol. The van der Waals surface area contributed by atoms with Crippen molar-refractivity contribution in [1.29, 1.82) is 0 Å². The highest BCUT2D eigenvalue weighted by Gasteiger charge is 2.43. The molecule has 0 saturated carbocycles. The second-order valence-corrected chi connectivity index (χ2v) is 7.86. The quantitative estimate of drug-likeness (QED) is 0.678. The molecule has 0 N–H and O–H groups in total. The maximum atomic E-state index is 12.9. The number of pyridine rings is 1. The zero-order chi connectivity index (χ0) is 20.0. The summed E-state index contributed by atoms with van der Waals surface area (Å²) in [6.45, 7) is 7.36. The normalized spacial score (nSPS) is 20.9. The number of hydrogen-bond donors (Lipinski definition) is 0. The molecule has 0 aliphatic carbocycles. The Morgan fingerprint density at radius 3 is 2.66 bits per heavy atom. The van der Waals surface area contributed by atoms with E-state index >= 15 is 0 Å². The van der Waals surface area contributed by atoms with Crippen LogP contribution in [0, 0.1) is 25.7 Å². The average Bonchev–Trinajstić information content (AvgIpc) is 3.45. The van der Waals surface area contributed by atoms with Gasteiger partial charge in [0, 0.05) is 73.3 Å². The minimum atomic E-state index is -0.0705. The van der Waals surface area contributed by atoms with Gasteiger partial charge in [-0.25, -0.2) is 9.97 Å². The zero-order valence-corrected chi connectivity index (χ0v) is 16.4. The molecule has 0 bridgehead atoms. The fourth-order valence-electron chi connectivity index (χ4n) is 4.36. The summed E-state index contributed by atoms with van der Waals surface area (Å²) in [6, 6.07) is 5.41. The molecule has 148 valence electrons. The Kier molecular flexibility index (Phi) is 4.26. The van der Waals surface area contributed by atoms with Crippen LogP contribution in [0.1, 0.15) is 21.7 Å². The van der Waals surface area contributed by atoms with Gasteiger partial charge in [0.2, 0.25) is 0 Å². The van der Waals surface area contributed by atoms with Crippen LogP contribution < -0.4 is 4.90 Å². The molecule has 2 aliphatic rings. The fraction of sp³-hybridized carbons (Fsp3) is 0.381. The van der Waals surface area contributed by atoms with Crippen molar-refractivity contribution in [2.75, 3.05) is 31.1 Å². The van der Waals surface area contributed by atoms with Gasteiger partial charge in [-0.1, -0.05) is 5.16 Å². The van der Waals surface area contributed by atoms with Gasteiger partial charge in [-0.2, -0.15) is 0 Å². The zero-order valence-electron chi connectivity index (χ0n) is 16.4. The first-order chi connectivity index (χ1) is 14.1. The smallest absolute Gasteiger partial charge is 0.276 e. The molecule has 2 fully saturated rings. The molecule has 29 heavy (non-hydrogen) atoms. The van der Waals surface area contributed by atoms with Crippen LogP contribution in [-0.2, 0) is 0 Å². The summed E-state index contributed by atoms with van der Waals surface area (Å²) < 4.78 is 5.36. The van der Waals surface area contributed by atoms with Gasteiger partial charge in [-0.05, 0) is 26.0 Å². The van der Waals surface area contributed by atoms with Crippen LogP contribution in [0.15, 0.2) is 41.4 Å². The Morgan fingerprint density at radius 2 is 1.93 bits per heavy atom. The van der Waals surface area contributed by atoms with E-state index in [0.29, 0.717) is 23.3 Å². The van der Waals surface area contributed by atoms with Gasteiger partial charge in [0.1, 0.15) is 12.1 Å². The van der Waals surface area contributed by atoms with E-state index < -0.39 is 0 Å². The number of fused-ring (bicyclic) bond motifs is 1. The molecule has 0 aromatic carbocycles. The van der Waals surface area contributed by atoms with E-state index in [1.165, 1.54) is 0 Å². The molecule has 2 unspecified atom stereocenters. The van der Waals surface area contributed by atoms with Crippen LogP contribution in [0.2, 0.25) is 0 Å². The van der Waals surface area contributed by atoms with E-state index in [4.69, 9.17) is 4.52 Å². The van der Waals surface area contributed by atoms with Crippen molar-refractivity contribution in [1.82, 2.24) is 25.0 Å². The van der Waals surface area contributed by atoms with Crippen LogP contribution >= 0.6 is 0 Å². The highest BCUT2D eigenvalue weighted by Crippen LogP contribution is 2.35. The lowest BCUT2D eigenvalue weighted by Gasteiger charge is -2.23. The number of aryl methyl sites for hydroxylation is 1. The summed E-state index contributed by atoms with van der Waals surface area (Å²) in [5.41, 5.74) is 3.30. The third kappa shape index (κ3) is 3.14. The minimum Gasteiger partial charge on any atom is -0.356 e. The van der Waals surface area contributed by atoms with E-state index in [1.807, 2.05) is 24.0 Å². The highest BCUT2D eigenvalue weighted by atomic mass is 16.5. The van der Waals surface area contributed by atoms with Crippen molar-refractivity contribution >= 4 is 11.7 Å². The van der Waals surface area contributed by atoms with Crippen molar-refractivity contribution in [2.45, 2.75) is 13.8 Å². The van der Waals surface area contributed by atoms with E-state index in [0.717, 1.165) is 48.8 Å². The van der Waals surface area contributed by atoms with E-state index in [1.54, 1.807) is 24.8 Å². The third-order valence-corrected chi connectivity index (χ3v) is 6.06. The summed E-state index contributed by atoms with van der Waals surface area (Å²) in [6.07, 6.45) is 5.02. The SMILES string of the molecule is Cc1ncnc(N2CC3CN(C(=O)c4cc(-c5cccnc5)on4)CC3C2)c1C. The Bertz CT molecular complexity index is 1040. The minimum absolute atomic E-state index is 0.0705. The van der Waals surface area contributed by atoms with Crippen molar-refractivity contribution in [2.24, 2.45) is 11.8 Å². The number of rotatable bonds is 3. The van der Waals surface area contributed by atoms with Gasteiger partial charge in [-0.3, -0.25) is 9.78 Å². The summed E-state index contributed by atoms with van der Waals surface area (Å²) in [5, 5.41) is 3.99. The van der Waals surface area contributed by atoms with Gasteiger partial charge in [0.25, 0.3) is 5.91 Å². The number of anilines is 1. The Balaban J connectivity index is 1.27. The largest absolute Gasteiger partial charge is 0.356 e. The first-order valence-electron chi connectivity index (χ1n) is 9.79. The first-order valence-corrected chi connectivity index (χ1v) is 9.79. The molecule has 2 saturated heterocycles. The molecular weight excluding hydrogens is 368 g/mol. The number of nitrogens with zero attached hydrogens (tertiary/aromatic N) is 6. The van der Waals surface area contributed by atoms with Gasteiger partial charge in [0.15, 0.2) is 11.5 Å². The predicted molar refractivity (Wildman–Crippen MR) is 106 cm³/mol.